The molecule has 0 heterocycles. The van der Waals surface area contributed by atoms with Crippen LogP contribution in [0.2, 0.25) is 0 Å². The quantitative estimate of drug-likeness (QED) is 0.430. The van der Waals surface area contributed by atoms with Gasteiger partial charge in [-0.15, -0.1) is 0 Å². The fraction of sp³-hybridized carbons (Fsp3) is 0.429. The highest BCUT2D eigenvalue weighted by Gasteiger charge is 2.38. The predicted molar refractivity (Wildman–Crippen MR) is 48.2 cm³/mol. The summed E-state index contributed by atoms with van der Waals surface area (Å²) in [6, 6.07) is 0. The first-order chi connectivity index (χ1) is 6.23. The van der Waals surface area contributed by atoms with Gasteiger partial charge in [0, 0.05) is 11.6 Å². The van der Waals surface area contributed by atoms with Crippen LogP contribution < -0.4 is 5.73 Å². The van der Waals surface area contributed by atoms with Crippen molar-refractivity contribution in [3.05, 3.63) is 23.9 Å². The van der Waals surface area contributed by atoms with Crippen molar-refractivity contribution in [2.24, 2.45) is 11.7 Å². The molecule has 80 valence electrons. The first-order valence-electron chi connectivity index (χ1n) is 3.80. The fourth-order valence-corrected chi connectivity index (χ4v) is 1.62. The van der Waals surface area contributed by atoms with Crippen LogP contribution >= 0.6 is 0 Å². The van der Waals surface area contributed by atoms with Gasteiger partial charge in [0.15, 0.2) is 0 Å². The third-order valence-electron chi connectivity index (χ3n) is 1.84. The lowest BCUT2D eigenvalue weighted by atomic mass is 9.95. The molecule has 1 aliphatic rings. The molecule has 0 aromatic carbocycles. The van der Waals surface area contributed by atoms with Crippen LogP contribution in [0.5, 0.6) is 0 Å². The number of aliphatic hydroxyl groups is 1. The molecule has 6 nitrogen and oxygen atoms in total. The van der Waals surface area contributed by atoms with Gasteiger partial charge in [0.05, 0.1) is 0 Å². The van der Waals surface area contributed by atoms with E-state index in [1.165, 1.54) is 19.1 Å². The van der Waals surface area contributed by atoms with Crippen molar-refractivity contribution in [2.45, 2.75) is 12.7 Å². The van der Waals surface area contributed by atoms with Crippen LogP contribution in [0.25, 0.3) is 0 Å². The van der Waals surface area contributed by atoms with E-state index in [0.29, 0.717) is 0 Å². The summed E-state index contributed by atoms with van der Waals surface area (Å²) in [6.45, 7) is 1.52. The SMILES string of the molecule is C[C@H]1C=CC(N)=C[C@]1(O)OS(=O)(=O)O. The Morgan fingerprint density at radius 3 is 2.71 bits per heavy atom. The zero-order valence-corrected chi connectivity index (χ0v) is 8.23. The first-order valence-corrected chi connectivity index (χ1v) is 5.16. The Balaban J connectivity index is 2.99. The molecule has 0 aromatic rings. The predicted octanol–water partition coefficient (Wildman–Crippen LogP) is -0.457. The Morgan fingerprint density at radius 2 is 2.21 bits per heavy atom. The largest absolute Gasteiger partial charge is 0.400 e. The highest BCUT2D eigenvalue weighted by atomic mass is 32.3. The van der Waals surface area contributed by atoms with Crippen LogP contribution in [0, 0.1) is 5.92 Å². The summed E-state index contributed by atoms with van der Waals surface area (Å²) in [5.41, 5.74) is 5.51. The summed E-state index contributed by atoms with van der Waals surface area (Å²) in [4.78, 5) is 0. The summed E-state index contributed by atoms with van der Waals surface area (Å²) in [5.74, 6) is -2.75. The monoisotopic (exact) mass is 221 g/mol. The van der Waals surface area contributed by atoms with Crippen LogP contribution in [-0.2, 0) is 14.6 Å². The van der Waals surface area contributed by atoms with Gasteiger partial charge in [0.2, 0.25) is 5.79 Å². The highest BCUT2D eigenvalue weighted by molar-refractivity contribution is 7.80. The third-order valence-corrected chi connectivity index (χ3v) is 2.32. The lowest BCUT2D eigenvalue weighted by Crippen LogP contribution is -2.40. The summed E-state index contributed by atoms with van der Waals surface area (Å²) in [6.07, 6.45) is 4.00. The summed E-state index contributed by atoms with van der Waals surface area (Å²) < 4.78 is 33.4. The topological polar surface area (TPSA) is 110 Å². The smallest absolute Gasteiger partial charge is 0.399 e. The molecule has 0 amide bonds. The minimum absolute atomic E-state index is 0.161. The minimum Gasteiger partial charge on any atom is -0.399 e. The van der Waals surface area contributed by atoms with Crippen molar-refractivity contribution < 1.29 is 22.3 Å². The molecule has 0 radical (unpaired) electrons. The Labute approximate surface area is 81.6 Å². The van der Waals surface area contributed by atoms with E-state index in [0.717, 1.165) is 6.08 Å². The lowest BCUT2D eigenvalue weighted by Gasteiger charge is -2.29. The summed E-state index contributed by atoms with van der Waals surface area (Å²) in [5, 5.41) is 9.68. The van der Waals surface area contributed by atoms with Gasteiger partial charge in [0.1, 0.15) is 0 Å². The van der Waals surface area contributed by atoms with E-state index < -0.39 is 22.1 Å². The molecule has 2 atom stereocenters. The zero-order chi connectivity index (χ0) is 11.0. The van der Waals surface area contributed by atoms with Crippen molar-refractivity contribution >= 4 is 10.4 Å². The van der Waals surface area contributed by atoms with Gasteiger partial charge in [-0.2, -0.15) is 8.42 Å². The van der Waals surface area contributed by atoms with E-state index in [9.17, 15) is 13.5 Å². The molecule has 7 heteroatoms. The van der Waals surface area contributed by atoms with E-state index in [1.54, 1.807) is 0 Å². The maximum Gasteiger partial charge on any atom is 0.400 e. The second-order valence-electron chi connectivity index (χ2n) is 3.06. The van der Waals surface area contributed by atoms with Gasteiger partial charge in [0.25, 0.3) is 0 Å². The lowest BCUT2D eigenvalue weighted by molar-refractivity contribution is -0.123. The molecule has 1 rings (SSSR count). The van der Waals surface area contributed by atoms with Crippen LogP contribution in [-0.4, -0.2) is 23.9 Å². The van der Waals surface area contributed by atoms with E-state index in [1.807, 2.05) is 0 Å². The van der Waals surface area contributed by atoms with Gasteiger partial charge in [-0.05, 0) is 12.2 Å². The maximum atomic E-state index is 10.4. The number of rotatable bonds is 2. The molecule has 1 aliphatic carbocycles. The van der Waals surface area contributed by atoms with Crippen molar-refractivity contribution in [3.63, 3.8) is 0 Å². The van der Waals surface area contributed by atoms with Crippen LogP contribution in [0.15, 0.2) is 23.9 Å². The molecule has 0 saturated heterocycles. The van der Waals surface area contributed by atoms with Gasteiger partial charge in [-0.3, -0.25) is 4.55 Å². The Bertz CT molecular complexity index is 385. The van der Waals surface area contributed by atoms with Crippen molar-refractivity contribution in [3.8, 4) is 0 Å². The van der Waals surface area contributed by atoms with Crippen molar-refractivity contribution in [1.82, 2.24) is 0 Å². The second kappa shape index (κ2) is 3.35. The molecule has 0 bridgehead atoms. The van der Waals surface area contributed by atoms with E-state index in [4.69, 9.17) is 10.3 Å². The van der Waals surface area contributed by atoms with E-state index >= 15 is 0 Å². The Kier molecular flexibility index (Phi) is 2.68. The molecule has 14 heavy (non-hydrogen) atoms. The van der Waals surface area contributed by atoms with Crippen LogP contribution in [0.4, 0.5) is 0 Å². The molecule has 0 aliphatic heterocycles. The van der Waals surface area contributed by atoms with Crippen molar-refractivity contribution in [2.75, 3.05) is 0 Å². The normalized spacial score (nSPS) is 32.8. The number of allylic oxidation sites excluding steroid dienone is 1. The third kappa shape index (κ3) is 2.55. The molecule has 0 spiro atoms. The fourth-order valence-electron chi connectivity index (χ4n) is 1.08. The van der Waals surface area contributed by atoms with Crippen LogP contribution in [0.3, 0.4) is 0 Å². The van der Waals surface area contributed by atoms with Crippen molar-refractivity contribution in [1.29, 1.82) is 0 Å². The second-order valence-corrected chi connectivity index (χ2v) is 4.08. The standard InChI is InChI=1S/C7H11NO5S/c1-5-2-3-6(8)4-7(5,9)13-14(10,11)12/h2-5,9H,8H2,1H3,(H,10,11,12)/t5-,7-/m0/s1. The highest BCUT2D eigenvalue weighted by Crippen LogP contribution is 2.28. The minimum atomic E-state index is -4.72. The summed E-state index contributed by atoms with van der Waals surface area (Å²) >= 11 is 0. The first kappa shape index (κ1) is 11.2. The van der Waals surface area contributed by atoms with Gasteiger partial charge in [-0.1, -0.05) is 13.0 Å². The van der Waals surface area contributed by atoms with E-state index in [2.05, 4.69) is 4.18 Å². The van der Waals surface area contributed by atoms with Gasteiger partial charge < -0.3 is 10.8 Å². The molecular formula is C7H11NO5S. The average molecular weight is 221 g/mol. The molecule has 0 saturated carbocycles. The molecule has 0 unspecified atom stereocenters. The Hall–Kier alpha value is -0.890. The average Bonchev–Trinajstić information content (AvgIpc) is 1.93. The number of nitrogens with two attached hydrogens (primary N) is 1. The van der Waals surface area contributed by atoms with Gasteiger partial charge >= 0.3 is 10.4 Å². The van der Waals surface area contributed by atoms with Gasteiger partial charge in [-0.25, -0.2) is 4.18 Å². The molecular weight excluding hydrogens is 210 g/mol. The van der Waals surface area contributed by atoms with Crippen LogP contribution in [0.1, 0.15) is 6.92 Å². The number of hydrogen-bond donors (Lipinski definition) is 3. The zero-order valence-electron chi connectivity index (χ0n) is 7.41. The Morgan fingerprint density at radius 1 is 1.64 bits per heavy atom. The van der Waals surface area contributed by atoms with E-state index in [-0.39, 0.29) is 5.70 Å². The molecule has 0 aromatic heterocycles. The molecule has 0 fully saturated rings. The summed E-state index contributed by atoms with van der Waals surface area (Å²) in [7, 11) is -4.72. The maximum absolute atomic E-state index is 10.4. The molecule has 4 N–H and O–H groups in total. The number of hydrogen-bond acceptors (Lipinski definition) is 5.